The van der Waals surface area contributed by atoms with Gasteiger partial charge in [-0.1, -0.05) is 30.3 Å². The van der Waals surface area contributed by atoms with E-state index in [1.807, 2.05) is 35.2 Å². The van der Waals surface area contributed by atoms with E-state index in [4.69, 9.17) is 9.47 Å². The number of hydrogen-bond acceptors (Lipinski definition) is 9. The lowest BCUT2D eigenvalue weighted by molar-refractivity contribution is -0.134. The summed E-state index contributed by atoms with van der Waals surface area (Å²) in [6.45, 7) is 4.04. The second kappa shape index (κ2) is 14.1. The zero-order chi connectivity index (χ0) is 30.3. The van der Waals surface area contributed by atoms with Crippen LogP contribution in [-0.2, 0) is 18.8 Å². The molecule has 3 amide bonds. The molecule has 42 heavy (non-hydrogen) atoms. The Kier molecular flexibility index (Phi) is 10.5. The Morgan fingerprint density at radius 3 is 2.38 bits per heavy atom. The average Bonchev–Trinajstić information content (AvgIpc) is 3.48. The van der Waals surface area contributed by atoms with E-state index in [0.717, 1.165) is 6.42 Å². The molecule has 3 N–H and O–H groups in total. The van der Waals surface area contributed by atoms with Gasteiger partial charge in [0.1, 0.15) is 17.6 Å². The first-order valence-corrected chi connectivity index (χ1v) is 15.7. The maximum atomic E-state index is 13.6. The topological polar surface area (TPSA) is 175 Å². The Morgan fingerprint density at radius 1 is 1.07 bits per heavy atom. The van der Waals surface area contributed by atoms with Crippen molar-refractivity contribution in [2.75, 3.05) is 64.0 Å². The van der Waals surface area contributed by atoms with Gasteiger partial charge in [0.15, 0.2) is 5.82 Å². The molecule has 4 rings (SSSR count). The first-order valence-electron chi connectivity index (χ1n) is 13.9. The van der Waals surface area contributed by atoms with Crippen LogP contribution in [0.2, 0.25) is 0 Å². The second-order valence-electron chi connectivity index (χ2n) is 10.1. The number of nitrogens with one attached hydrogen (secondary N) is 1. The molecule has 14 nitrogen and oxygen atoms in total. The van der Waals surface area contributed by atoms with Crippen molar-refractivity contribution in [2.45, 2.75) is 31.9 Å². The number of benzene rings is 1. The minimum Gasteiger partial charge on any atom is -0.450 e. The van der Waals surface area contributed by atoms with Crippen LogP contribution in [0.5, 0.6) is 0 Å². The third-order valence-electron chi connectivity index (χ3n) is 7.21. The van der Waals surface area contributed by atoms with E-state index >= 15 is 0 Å². The Bertz CT molecular complexity index is 1300. The molecule has 0 unspecified atom stereocenters. The summed E-state index contributed by atoms with van der Waals surface area (Å²) in [5.41, 5.74) is 0.713. The van der Waals surface area contributed by atoms with Gasteiger partial charge in [0.05, 0.1) is 18.9 Å². The van der Waals surface area contributed by atoms with Gasteiger partial charge in [-0.15, -0.1) is 0 Å². The van der Waals surface area contributed by atoms with Crippen molar-refractivity contribution in [1.29, 1.82) is 0 Å². The maximum Gasteiger partial charge on any atom is 0.409 e. The lowest BCUT2D eigenvalue weighted by atomic mass is 10.1. The number of methoxy groups -OCH3 is 1. The van der Waals surface area contributed by atoms with E-state index in [-0.39, 0.29) is 51.0 Å². The van der Waals surface area contributed by atoms with Gasteiger partial charge in [-0.2, -0.15) is 0 Å². The molecule has 2 atom stereocenters. The molecular formula is C27H37N6O8P. The monoisotopic (exact) mass is 604 g/mol. The third kappa shape index (κ3) is 8.25. The largest absolute Gasteiger partial charge is 0.450 e. The fourth-order valence-corrected chi connectivity index (χ4v) is 5.48. The van der Waals surface area contributed by atoms with Gasteiger partial charge in [0.25, 0.3) is 5.91 Å². The van der Waals surface area contributed by atoms with Crippen LogP contribution in [0, 0.1) is 0 Å². The Balaban J connectivity index is 1.56. The zero-order valence-corrected chi connectivity index (χ0v) is 24.6. The summed E-state index contributed by atoms with van der Waals surface area (Å²) in [4.78, 5) is 72.2. The Morgan fingerprint density at radius 2 is 1.76 bits per heavy atom. The molecule has 2 aliphatic rings. The van der Waals surface area contributed by atoms with Crippen molar-refractivity contribution < 1.29 is 38.2 Å². The van der Waals surface area contributed by atoms with Gasteiger partial charge in [0, 0.05) is 58.0 Å². The summed E-state index contributed by atoms with van der Waals surface area (Å²) < 4.78 is 22.2. The number of ether oxygens (including phenoxy) is 2. The Hall–Kier alpha value is -3.58. The van der Waals surface area contributed by atoms with Gasteiger partial charge >= 0.3 is 13.7 Å². The van der Waals surface area contributed by atoms with E-state index in [1.165, 1.54) is 9.80 Å². The molecule has 0 saturated carbocycles. The van der Waals surface area contributed by atoms with Crippen molar-refractivity contribution >= 4 is 31.3 Å². The fourth-order valence-electron chi connectivity index (χ4n) is 4.89. The van der Waals surface area contributed by atoms with Gasteiger partial charge in [-0.3, -0.25) is 14.2 Å². The van der Waals surface area contributed by atoms with E-state index < -0.39 is 37.7 Å². The van der Waals surface area contributed by atoms with Gasteiger partial charge in [-0.05, 0) is 19.8 Å². The van der Waals surface area contributed by atoms with Crippen LogP contribution in [0.25, 0.3) is 11.4 Å². The number of carbonyl (C=O) groups excluding carboxylic acids is 3. The molecule has 228 valence electrons. The first kappa shape index (κ1) is 31.4. The van der Waals surface area contributed by atoms with Crippen LogP contribution in [-0.4, -0.2) is 119 Å². The van der Waals surface area contributed by atoms with Crippen LogP contribution in [0.3, 0.4) is 0 Å². The van der Waals surface area contributed by atoms with E-state index in [0.29, 0.717) is 30.3 Å². The quantitative estimate of drug-likeness (QED) is 0.334. The summed E-state index contributed by atoms with van der Waals surface area (Å²) >= 11 is 0. The maximum absolute atomic E-state index is 13.6. The van der Waals surface area contributed by atoms with E-state index in [1.54, 1.807) is 20.1 Å². The van der Waals surface area contributed by atoms with Crippen molar-refractivity contribution in [1.82, 2.24) is 25.1 Å². The van der Waals surface area contributed by atoms with Crippen LogP contribution >= 0.6 is 7.60 Å². The molecule has 1 aromatic heterocycles. The number of anilines is 1. The minimum absolute atomic E-state index is 0.0147. The number of carbonyl (C=O) groups is 3. The van der Waals surface area contributed by atoms with Crippen molar-refractivity contribution in [3.05, 3.63) is 42.1 Å². The van der Waals surface area contributed by atoms with Crippen molar-refractivity contribution in [3.63, 3.8) is 0 Å². The highest BCUT2D eigenvalue weighted by Crippen LogP contribution is 2.35. The molecule has 0 radical (unpaired) electrons. The molecule has 1 aromatic carbocycles. The molecule has 0 aliphatic carbocycles. The lowest BCUT2D eigenvalue weighted by Gasteiger charge is -2.36. The summed E-state index contributed by atoms with van der Waals surface area (Å²) in [5.74, 6) is -0.318. The zero-order valence-electron chi connectivity index (χ0n) is 23.7. The second-order valence-corrected chi connectivity index (χ2v) is 11.9. The molecule has 2 fully saturated rings. The minimum atomic E-state index is -4.46. The van der Waals surface area contributed by atoms with E-state index in [9.17, 15) is 28.7 Å². The summed E-state index contributed by atoms with van der Waals surface area (Å²) in [7, 11) is -2.81. The van der Waals surface area contributed by atoms with Crippen LogP contribution < -0.4 is 10.2 Å². The SMILES string of the molecule is CCOC(=O)N1CCN(C(=O)[C@@H](CCP(=O)(O)O)NC(=O)c2cc(N3CC[C@H](OC)C3)nc(-c3ccccc3)n2)CC1. The lowest BCUT2D eigenvalue weighted by Crippen LogP contribution is -2.56. The average molecular weight is 605 g/mol. The predicted molar refractivity (Wildman–Crippen MR) is 153 cm³/mol. The molecule has 0 spiro atoms. The fraction of sp³-hybridized carbons (Fsp3) is 0.519. The standard InChI is InChI=1S/C27H37N6O8P/c1-3-41-27(36)32-14-12-31(13-15-32)26(35)21(10-16-42(37,38)39)29-25(34)22-17-23(33-11-9-20(18-33)40-2)30-24(28-22)19-7-5-4-6-8-19/h4-8,17,20-21H,3,9-16,18H2,1-2H3,(H,29,34)(H2,37,38,39)/t20-,21+/m0/s1. The molecular weight excluding hydrogens is 567 g/mol. The molecule has 15 heteroatoms. The summed E-state index contributed by atoms with van der Waals surface area (Å²) in [6.07, 6.45) is -0.525. The Labute approximate surface area is 244 Å². The van der Waals surface area contributed by atoms with Crippen molar-refractivity contribution in [3.8, 4) is 11.4 Å². The van der Waals surface area contributed by atoms with Crippen molar-refractivity contribution in [2.24, 2.45) is 0 Å². The number of piperazine rings is 1. The smallest absolute Gasteiger partial charge is 0.409 e. The van der Waals surface area contributed by atoms with Gasteiger partial charge < -0.3 is 39.3 Å². The predicted octanol–water partition coefficient (Wildman–Crippen LogP) is 1.34. The van der Waals surface area contributed by atoms with Gasteiger partial charge in [-0.25, -0.2) is 14.8 Å². The first-order chi connectivity index (χ1) is 20.1. The number of hydrogen-bond donors (Lipinski definition) is 3. The van der Waals surface area contributed by atoms with Crippen LogP contribution in [0.4, 0.5) is 10.6 Å². The van der Waals surface area contributed by atoms with Crippen LogP contribution in [0.15, 0.2) is 36.4 Å². The molecule has 3 heterocycles. The summed E-state index contributed by atoms with van der Waals surface area (Å²) in [5, 5.41) is 2.66. The molecule has 2 saturated heterocycles. The third-order valence-corrected chi connectivity index (χ3v) is 8.05. The summed E-state index contributed by atoms with van der Waals surface area (Å²) in [6, 6.07) is 9.50. The van der Waals surface area contributed by atoms with E-state index in [2.05, 4.69) is 15.3 Å². The normalized spacial score (nSPS) is 18.1. The highest BCUT2D eigenvalue weighted by atomic mass is 31.2. The molecule has 0 bridgehead atoms. The highest BCUT2D eigenvalue weighted by molar-refractivity contribution is 7.51. The van der Waals surface area contributed by atoms with Crippen LogP contribution in [0.1, 0.15) is 30.3 Å². The number of amides is 3. The number of nitrogens with zero attached hydrogens (tertiary/aromatic N) is 5. The molecule has 2 aromatic rings. The highest BCUT2D eigenvalue weighted by Gasteiger charge is 2.33. The van der Waals surface area contributed by atoms with Gasteiger partial charge in [0.2, 0.25) is 5.91 Å². The molecule has 2 aliphatic heterocycles. The number of rotatable bonds is 10. The number of aromatic nitrogens is 2.